The Morgan fingerprint density at radius 2 is 1.62 bits per heavy atom. The van der Waals surface area contributed by atoms with E-state index in [1.807, 2.05) is 0 Å². The molecule has 13 heavy (non-hydrogen) atoms. The Morgan fingerprint density at radius 3 is 2.31 bits per heavy atom. The Labute approximate surface area is 87.7 Å². The van der Waals surface area contributed by atoms with Crippen LogP contribution in [-0.2, 0) is 0 Å². The lowest BCUT2D eigenvalue weighted by atomic mass is 10.1. The molecule has 0 aromatic rings. The van der Waals surface area contributed by atoms with Gasteiger partial charge in [0.15, 0.2) is 0 Å². The fourth-order valence-corrected chi connectivity index (χ4v) is 1.29. The van der Waals surface area contributed by atoms with Gasteiger partial charge >= 0.3 is 0 Å². The predicted octanol–water partition coefficient (Wildman–Crippen LogP) is 4.70. The molecule has 0 fully saturated rings. The SMILES string of the molecule is CC/C=C\C=C/CCCCCCCl. The Morgan fingerprint density at radius 1 is 0.923 bits per heavy atom. The van der Waals surface area contributed by atoms with Crippen LogP contribution in [0.25, 0.3) is 0 Å². The van der Waals surface area contributed by atoms with Crippen LogP contribution in [0.1, 0.15) is 45.4 Å². The molecule has 0 aliphatic rings. The van der Waals surface area contributed by atoms with E-state index in [0.29, 0.717) is 0 Å². The van der Waals surface area contributed by atoms with Gasteiger partial charge < -0.3 is 0 Å². The lowest BCUT2D eigenvalue weighted by molar-refractivity contribution is 0.677. The van der Waals surface area contributed by atoms with Crippen LogP contribution in [0.3, 0.4) is 0 Å². The van der Waals surface area contributed by atoms with E-state index in [1.165, 1.54) is 32.1 Å². The second-order valence-electron chi connectivity index (χ2n) is 3.16. The molecule has 0 N–H and O–H groups in total. The Kier molecular flexibility index (Phi) is 11.6. The number of rotatable bonds is 8. The molecule has 0 aromatic heterocycles. The van der Waals surface area contributed by atoms with Crippen molar-refractivity contribution in [1.29, 1.82) is 0 Å². The van der Waals surface area contributed by atoms with E-state index in [0.717, 1.165) is 12.3 Å². The largest absolute Gasteiger partial charge is 0.127 e. The van der Waals surface area contributed by atoms with Crippen molar-refractivity contribution in [2.24, 2.45) is 0 Å². The molecular formula is C12H21Cl. The van der Waals surface area contributed by atoms with Crippen LogP contribution in [0.2, 0.25) is 0 Å². The van der Waals surface area contributed by atoms with Gasteiger partial charge in [0.05, 0.1) is 0 Å². The maximum absolute atomic E-state index is 5.58. The Balaban J connectivity index is 3.06. The minimum Gasteiger partial charge on any atom is -0.127 e. The van der Waals surface area contributed by atoms with E-state index in [1.54, 1.807) is 0 Å². The Hall–Kier alpha value is -0.230. The number of unbranched alkanes of at least 4 members (excludes halogenated alkanes) is 4. The first kappa shape index (κ1) is 12.8. The van der Waals surface area contributed by atoms with Crippen molar-refractivity contribution in [3.8, 4) is 0 Å². The summed E-state index contributed by atoms with van der Waals surface area (Å²) in [6, 6.07) is 0. The van der Waals surface area contributed by atoms with Crippen LogP contribution in [0.15, 0.2) is 24.3 Å². The maximum atomic E-state index is 5.58. The lowest BCUT2D eigenvalue weighted by Gasteiger charge is -1.94. The first-order chi connectivity index (χ1) is 6.41. The second-order valence-corrected chi connectivity index (χ2v) is 3.53. The summed E-state index contributed by atoms with van der Waals surface area (Å²) in [6.07, 6.45) is 16.1. The minimum atomic E-state index is 0.815. The molecule has 0 heterocycles. The molecule has 0 aliphatic carbocycles. The molecule has 0 unspecified atom stereocenters. The van der Waals surface area contributed by atoms with Crippen molar-refractivity contribution >= 4 is 11.6 Å². The average Bonchev–Trinajstić information content (AvgIpc) is 2.16. The molecule has 0 saturated carbocycles. The van der Waals surface area contributed by atoms with Crippen LogP contribution in [0.5, 0.6) is 0 Å². The molecule has 0 atom stereocenters. The van der Waals surface area contributed by atoms with Gasteiger partial charge in [-0.3, -0.25) is 0 Å². The molecule has 0 nitrogen and oxygen atoms in total. The molecule has 0 rings (SSSR count). The molecule has 76 valence electrons. The third-order valence-corrected chi connectivity index (χ3v) is 2.14. The number of hydrogen-bond acceptors (Lipinski definition) is 0. The zero-order chi connectivity index (χ0) is 9.78. The molecule has 0 spiro atoms. The van der Waals surface area contributed by atoms with Crippen molar-refractivity contribution in [3.63, 3.8) is 0 Å². The zero-order valence-corrected chi connectivity index (χ0v) is 9.39. The molecule has 0 bridgehead atoms. The molecular weight excluding hydrogens is 180 g/mol. The van der Waals surface area contributed by atoms with Gasteiger partial charge in [0.1, 0.15) is 0 Å². The van der Waals surface area contributed by atoms with E-state index in [9.17, 15) is 0 Å². The summed E-state index contributed by atoms with van der Waals surface area (Å²) in [4.78, 5) is 0. The minimum absolute atomic E-state index is 0.815. The highest BCUT2D eigenvalue weighted by Crippen LogP contribution is 2.04. The third kappa shape index (κ3) is 11.8. The van der Waals surface area contributed by atoms with E-state index in [2.05, 4.69) is 31.2 Å². The number of halogens is 1. The molecule has 0 saturated heterocycles. The summed E-state index contributed by atoms with van der Waals surface area (Å²) in [7, 11) is 0. The summed E-state index contributed by atoms with van der Waals surface area (Å²) < 4.78 is 0. The van der Waals surface area contributed by atoms with Crippen LogP contribution in [0, 0.1) is 0 Å². The van der Waals surface area contributed by atoms with E-state index < -0.39 is 0 Å². The third-order valence-electron chi connectivity index (χ3n) is 1.87. The number of alkyl halides is 1. The van der Waals surface area contributed by atoms with Gasteiger partial charge in [-0.2, -0.15) is 0 Å². The summed E-state index contributed by atoms with van der Waals surface area (Å²) in [5.74, 6) is 0.815. The maximum Gasteiger partial charge on any atom is 0.0223 e. The lowest BCUT2D eigenvalue weighted by Crippen LogP contribution is -1.77. The van der Waals surface area contributed by atoms with Gasteiger partial charge in [0.2, 0.25) is 0 Å². The summed E-state index contributed by atoms with van der Waals surface area (Å²) >= 11 is 5.58. The van der Waals surface area contributed by atoms with Gasteiger partial charge in [0.25, 0.3) is 0 Å². The molecule has 0 aromatic carbocycles. The normalized spacial score (nSPS) is 11.8. The molecule has 0 radical (unpaired) electrons. The summed E-state index contributed by atoms with van der Waals surface area (Å²) in [5, 5.41) is 0. The highest BCUT2D eigenvalue weighted by Gasteiger charge is 1.86. The van der Waals surface area contributed by atoms with Crippen molar-refractivity contribution in [1.82, 2.24) is 0 Å². The van der Waals surface area contributed by atoms with Crippen molar-refractivity contribution in [3.05, 3.63) is 24.3 Å². The van der Waals surface area contributed by atoms with Crippen LogP contribution >= 0.6 is 11.6 Å². The van der Waals surface area contributed by atoms with Gasteiger partial charge in [-0.15, -0.1) is 11.6 Å². The fourth-order valence-electron chi connectivity index (χ4n) is 1.10. The summed E-state index contributed by atoms with van der Waals surface area (Å²) in [5.41, 5.74) is 0. The topological polar surface area (TPSA) is 0 Å². The molecule has 1 heteroatoms. The van der Waals surface area contributed by atoms with Crippen LogP contribution < -0.4 is 0 Å². The van der Waals surface area contributed by atoms with E-state index in [-0.39, 0.29) is 0 Å². The van der Waals surface area contributed by atoms with E-state index in [4.69, 9.17) is 11.6 Å². The standard InChI is InChI=1S/C12H21Cl/c1-2-3-4-5-6-7-8-9-10-11-12-13/h3-6H,2,7-12H2,1H3/b4-3-,6-5-. The fraction of sp³-hybridized carbons (Fsp3) is 0.667. The molecule has 0 amide bonds. The first-order valence-electron chi connectivity index (χ1n) is 5.29. The van der Waals surface area contributed by atoms with Crippen LogP contribution in [-0.4, -0.2) is 5.88 Å². The van der Waals surface area contributed by atoms with Crippen molar-refractivity contribution in [2.75, 3.05) is 5.88 Å². The average molecular weight is 201 g/mol. The van der Waals surface area contributed by atoms with Gasteiger partial charge in [-0.1, -0.05) is 44.1 Å². The van der Waals surface area contributed by atoms with Gasteiger partial charge in [-0.05, 0) is 25.7 Å². The van der Waals surface area contributed by atoms with Gasteiger partial charge in [-0.25, -0.2) is 0 Å². The van der Waals surface area contributed by atoms with Crippen LogP contribution in [0.4, 0.5) is 0 Å². The van der Waals surface area contributed by atoms with E-state index >= 15 is 0 Å². The highest BCUT2D eigenvalue weighted by atomic mass is 35.5. The summed E-state index contributed by atoms with van der Waals surface area (Å²) in [6.45, 7) is 2.15. The quantitative estimate of drug-likeness (QED) is 0.303. The smallest absolute Gasteiger partial charge is 0.0223 e. The van der Waals surface area contributed by atoms with Crippen molar-refractivity contribution < 1.29 is 0 Å². The van der Waals surface area contributed by atoms with Gasteiger partial charge in [0, 0.05) is 5.88 Å². The number of hydrogen-bond donors (Lipinski definition) is 0. The second kappa shape index (κ2) is 11.8. The Bertz CT molecular complexity index is 136. The predicted molar refractivity (Wildman–Crippen MR) is 62.4 cm³/mol. The molecule has 0 aliphatic heterocycles. The highest BCUT2D eigenvalue weighted by molar-refractivity contribution is 6.17. The first-order valence-corrected chi connectivity index (χ1v) is 5.83. The number of allylic oxidation sites excluding steroid dienone is 4. The zero-order valence-electron chi connectivity index (χ0n) is 8.64. The monoisotopic (exact) mass is 200 g/mol. The van der Waals surface area contributed by atoms with Crippen molar-refractivity contribution in [2.45, 2.75) is 45.4 Å².